The van der Waals surface area contributed by atoms with E-state index < -0.39 is 0 Å². The zero-order chi connectivity index (χ0) is 11.8. The highest BCUT2D eigenvalue weighted by atomic mass is 79.9. The summed E-state index contributed by atoms with van der Waals surface area (Å²) in [4.78, 5) is 0. The molecule has 0 radical (unpaired) electrons. The number of unbranched alkanes of at least 4 members (excludes halogenated alkanes) is 2. The van der Waals surface area contributed by atoms with E-state index in [4.69, 9.17) is 23.2 Å². The smallest absolute Gasteiger partial charge is 0.0465 e. The first kappa shape index (κ1) is 14.3. The maximum absolute atomic E-state index is 6.06. The Morgan fingerprint density at radius 2 is 1.94 bits per heavy atom. The molecule has 0 bridgehead atoms. The van der Waals surface area contributed by atoms with Crippen LogP contribution >= 0.6 is 39.1 Å². The molecule has 0 aromatic heterocycles. The molecule has 1 aromatic carbocycles. The van der Waals surface area contributed by atoms with Crippen molar-refractivity contribution in [2.24, 2.45) is 0 Å². The third-order valence-corrected chi connectivity index (χ3v) is 3.47. The van der Waals surface area contributed by atoms with Crippen molar-refractivity contribution in [3.05, 3.63) is 33.8 Å². The highest BCUT2D eigenvalue weighted by Gasteiger charge is 2.00. The van der Waals surface area contributed by atoms with E-state index in [-0.39, 0.29) is 0 Å². The summed E-state index contributed by atoms with van der Waals surface area (Å²) < 4.78 is 0. The Balaban J connectivity index is 2.21. The van der Waals surface area contributed by atoms with Gasteiger partial charge in [-0.3, -0.25) is 0 Å². The molecule has 1 rings (SSSR count). The zero-order valence-electron chi connectivity index (χ0n) is 9.11. The number of nitrogens with one attached hydrogen (secondary N) is 1. The average Bonchev–Trinajstić information content (AvgIpc) is 2.26. The van der Waals surface area contributed by atoms with E-state index in [2.05, 4.69) is 21.2 Å². The SMILES string of the molecule is Clc1ccc(CNCCCCCBr)c(Cl)c1. The highest BCUT2D eigenvalue weighted by molar-refractivity contribution is 9.09. The minimum atomic E-state index is 0.686. The van der Waals surface area contributed by atoms with Crippen LogP contribution in [0.4, 0.5) is 0 Å². The van der Waals surface area contributed by atoms with Crippen molar-refractivity contribution < 1.29 is 0 Å². The number of benzene rings is 1. The predicted octanol–water partition coefficient (Wildman–Crippen LogP) is 4.65. The normalized spacial score (nSPS) is 10.7. The molecule has 0 spiro atoms. The number of halogens is 3. The molecule has 1 nitrogen and oxygen atoms in total. The van der Waals surface area contributed by atoms with E-state index in [9.17, 15) is 0 Å². The van der Waals surface area contributed by atoms with Crippen LogP contribution in [0.25, 0.3) is 0 Å². The van der Waals surface area contributed by atoms with Crippen LogP contribution in [-0.4, -0.2) is 11.9 Å². The predicted molar refractivity (Wildman–Crippen MR) is 75.8 cm³/mol. The largest absolute Gasteiger partial charge is 0.313 e. The Kier molecular flexibility index (Phi) is 7.46. The standard InChI is InChI=1S/C12H16BrCl2N/c13-6-2-1-3-7-16-9-10-4-5-11(14)8-12(10)15/h4-5,8,16H,1-3,6-7,9H2. The molecule has 0 saturated heterocycles. The first-order chi connectivity index (χ1) is 7.74. The molecule has 0 unspecified atom stereocenters. The van der Waals surface area contributed by atoms with Crippen molar-refractivity contribution in [1.29, 1.82) is 0 Å². The molecular formula is C12H16BrCl2N. The van der Waals surface area contributed by atoms with E-state index in [1.54, 1.807) is 6.07 Å². The van der Waals surface area contributed by atoms with Crippen LogP contribution < -0.4 is 5.32 Å². The minimum absolute atomic E-state index is 0.686. The van der Waals surface area contributed by atoms with Crippen molar-refractivity contribution in [3.8, 4) is 0 Å². The Morgan fingerprint density at radius 3 is 2.62 bits per heavy atom. The summed E-state index contributed by atoms with van der Waals surface area (Å²) in [7, 11) is 0. The third-order valence-electron chi connectivity index (χ3n) is 2.32. The molecule has 0 heterocycles. The van der Waals surface area contributed by atoms with E-state index >= 15 is 0 Å². The number of rotatable bonds is 7. The van der Waals surface area contributed by atoms with E-state index in [1.807, 2.05) is 12.1 Å². The van der Waals surface area contributed by atoms with Crippen LogP contribution in [-0.2, 0) is 6.54 Å². The first-order valence-electron chi connectivity index (χ1n) is 5.44. The highest BCUT2D eigenvalue weighted by Crippen LogP contribution is 2.20. The van der Waals surface area contributed by atoms with Crippen molar-refractivity contribution in [2.45, 2.75) is 25.8 Å². The maximum atomic E-state index is 6.06. The molecule has 4 heteroatoms. The molecular weight excluding hydrogens is 309 g/mol. The fourth-order valence-corrected chi connectivity index (χ4v) is 2.28. The van der Waals surface area contributed by atoms with Gasteiger partial charge in [-0.25, -0.2) is 0 Å². The van der Waals surface area contributed by atoms with Gasteiger partial charge in [-0.05, 0) is 37.1 Å². The Hall–Kier alpha value is 0.240. The lowest BCUT2D eigenvalue weighted by Gasteiger charge is -2.06. The lowest BCUT2D eigenvalue weighted by Crippen LogP contribution is -2.14. The fourth-order valence-electron chi connectivity index (χ4n) is 1.41. The van der Waals surface area contributed by atoms with Gasteiger partial charge < -0.3 is 5.32 Å². The zero-order valence-corrected chi connectivity index (χ0v) is 12.2. The first-order valence-corrected chi connectivity index (χ1v) is 7.32. The molecule has 0 aliphatic heterocycles. The second kappa shape index (κ2) is 8.35. The molecule has 0 aliphatic carbocycles. The molecule has 0 fully saturated rings. The van der Waals surface area contributed by atoms with Gasteiger partial charge in [0.05, 0.1) is 0 Å². The Bertz CT molecular complexity index is 318. The molecule has 0 aliphatic rings. The van der Waals surface area contributed by atoms with E-state index in [1.165, 1.54) is 19.3 Å². The van der Waals surface area contributed by atoms with Crippen LogP contribution in [0.1, 0.15) is 24.8 Å². The summed E-state index contributed by atoms with van der Waals surface area (Å²) >= 11 is 15.3. The van der Waals surface area contributed by atoms with Crippen molar-refractivity contribution in [1.82, 2.24) is 5.32 Å². The topological polar surface area (TPSA) is 12.0 Å². The summed E-state index contributed by atoms with van der Waals surface area (Å²) in [5, 5.41) is 5.89. The number of alkyl halides is 1. The third kappa shape index (κ3) is 5.53. The molecule has 0 saturated carbocycles. The fraction of sp³-hybridized carbons (Fsp3) is 0.500. The molecule has 16 heavy (non-hydrogen) atoms. The van der Waals surface area contributed by atoms with Crippen LogP contribution in [0.3, 0.4) is 0 Å². The summed E-state index contributed by atoms with van der Waals surface area (Å²) in [6.07, 6.45) is 3.70. The van der Waals surface area contributed by atoms with E-state index in [0.717, 1.165) is 29.0 Å². The van der Waals surface area contributed by atoms with Crippen molar-refractivity contribution in [2.75, 3.05) is 11.9 Å². The van der Waals surface area contributed by atoms with Gasteiger partial charge in [0.1, 0.15) is 0 Å². The number of hydrogen-bond acceptors (Lipinski definition) is 1. The summed E-state index contributed by atoms with van der Waals surface area (Å²) in [5.74, 6) is 0. The molecule has 1 aromatic rings. The van der Waals surface area contributed by atoms with Crippen molar-refractivity contribution >= 4 is 39.1 Å². The van der Waals surface area contributed by atoms with Gasteiger partial charge in [0.2, 0.25) is 0 Å². The van der Waals surface area contributed by atoms with Crippen LogP contribution in [0, 0.1) is 0 Å². The van der Waals surface area contributed by atoms with Crippen LogP contribution in [0.15, 0.2) is 18.2 Å². The van der Waals surface area contributed by atoms with Crippen LogP contribution in [0.5, 0.6) is 0 Å². The molecule has 0 amide bonds. The summed E-state index contributed by atoms with van der Waals surface area (Å²) in [6.45, 7) is 1.84. The van der Waals surface area contributed by atoms with Crippen molar-refractivity contribution in [3.63, 3.8) is 0 Å². The minimum Gasteiger partial charge on any atom is -0.313 e. The maximum Gasteiger partial charge on any atom is 0.0465 e. The summed E-state index contributed by atoms with van der Waals surface area (Å²) in [5.41, 5.74) is 1.10. The lowest BCUT2D eigenvalue weighted by atomic mass is 10.2. The quantitative estimate of drug-likeness (QED) is 0.568. The molecule has 1 N–H and O–H groups in total. The van der Waals surface area contributed by atoms with E-state index in [0.29, 0.717) is 5.02 Å². The van der Waals surface area contributed by atoms with Gasteiger partial charge in [-0.15, -0.1) is 0 Å². The second-order valence-electron chi connectivity index (χ2n) is 3.66. The van der Waals surface area contributed by atoms with Crippen LogP contribution in [0.2, 0.25) is 10.0 Å². The molecule has 90 valence electrons. The second-order valence-corrected chi connectivity index (χ2v) is 5.30. The van der Waals surface area contributed by atoms with Gasteiger partial charge >= 0.3 is 0 Å². The average molecular weight is 325 g/mol. The number of hydrogen-bond donors (Lipinski definition) is 1. The van der Waals surface area contributed by atoms with Gasteiger partial charge in [-0.1, -0.05) is 51.6 Å². The van der Waals surface area contributed by atoms with Gasteiger partial charge in [0.25, 0.3) is 0 Å². The lowest BCUT2D eigenvalue weighted by molar-refractivity contribution is 0.619. The monoisotopic (exact) mass is 323 g/mol. The molecule has 0 atom stereocenters. The van der Waals surface area contributed by atoms with Gasteiger partial charge in [0, 0.05) is 21.9 Å². The Labute approximate surface area is 116 Å². The van der Waals surface area contributed by atoms with Gasteiger partial charge in [-0.2, -0.15) is 0 Å². The van der Waals surface area contributed by atoms with Gasteiger partial charge in [0.15, 0.2) is 0 Å². The summed E-state index contributed by atoms with van der Waals surface area (Å²) in [6, 6.07) is 5.62. The Morgan fingerprint density at radius 1 is 1.12 bits per heavy atom.